The molecule has 0 spiro atoms. The summed E-state index contributed by atoms with van der Waals surface area (Å²) >= 11 is 0. The standard InChI is InChI=1S/C18H21N3O4/c1-11-15-13(25-17(11)18(23)20-7-3-4-8-20)6-5-12-9-21(19-16(12)15)10-14(22)24-2/h9H,3-8,10H2,1-2H3. The number of aryl methyl sites for hydroxylation is 2. The normalized spacial score (nSPS) is 15.8. The first-order valence-electron chi connectivity index (χ1n) is 8.63. The van der Waals surface area contributed by atoms with Crippen molar-refractivity contribution in [3.8, 4) is 11.3 Å². The molecule has 7 heteroatoms. The molecule has 0 saturated carbocycles. The molecule has 1 fully saturated rings. The Balaban J connectivity index is 1.70. The SMILES string of the molecule is COC(=O)Cn1cc2c(n1)-c1c(oc(C(=O)N3CCCC3)c1C)CC2. The summed E-state index contributed by atoms with van der Waals surface area (Å²) < 4.78 is 12.2. The predicted octanol–water partition coefficient (Wildman–Crippen LogP) is 1.96. The zero-order chi connectivity index (χ0) is 17.6. The molecule has 132 valence electrons. The van der Waals surface area contributed by atoms with Crippen molar-refractivity contribution in [1.82, 2.24) is 14.7 Å². The molecular weight excluding hydrogens is 322 g/mol. The Labute approximate surface area is 145 Å². The van der Waals surface area contributed by atoms with E-state index >= 15 is 0 Å². The minimum atomic E-state index is -0.339. The summed E-state index contributed by atoms with van der Waals surface area (Å²) in [7, 11) is 1.36. The van der Waals surface area contributed by atoms with Gasteiger partial charge in [0.15, 0.2) is 5.76 Å². The Morgan fingerprint density at radius 3 is 2.76 bits per heavy atom. The Bertz CT molecular complexity index is 843. The van der Waals surface area contributed by atoms with Crippen LogP contribution in [0.1, 0.15) is 40.3 Å². The van der Waals surface area contributed by atoms with Crippen LogP contribution < -0.4 is 0 Å². The highest BCUT2D eigenvalue weighted by molar-refractivity contribution is 5.95. The van der Waals surface area contributed by atoms with Crippen LogP contribution in [0.25, 0.3) is 11.3 Å². The first kappa shape index (κ1) is 15.9. The van der Waals surface area contributed by atoms with Crippen LogP contribution in [0.2, 0.25) is 0 Å². The van der Waals surface area contributed by atoms with Gasteiger partial charge in [-0.1, -0.05) is 0 Å². The lowest BCUT2D eigenvalue weighted by molar-refractivity contribution is -0.141. The third kappa shape index (κ3) is 2.63. The molecule has 1 aliphatic carbocycles. The van der Waals surface area contributed by atoms with E-state index in [1.807, 2.05) is 18.0 Å². The number of likely N-dealkylation sites (tertiary alicyclic amines) is 1. The van der Waals surface area contributed by atoms with Gasteiger partial charge in [0.2, 0.25) is 0 Å². The Morgan fingerprint density at radius 1 is 1.28 bits per heavy atom. The number of methoxy groups -OCH3 is 1. The summed E-state index contributed by atoms with van der Waals surface area (Å²) in [4.78, 5) is 26.1. The van der Waals surface area contributed by atoms with E-state index in [0.717, 1.165) is 66.9 Å². The van der Waals surface area contributed by atoms with Gasteiger partial charge in [0, 0.05) is 36.8 Å². The lowest BCUT2D eigenvalue weighted by Gasteiger charge is -2.13. The van der Waals surface area contributed by atoms with Gasteiger partial charge in [-0.25, -0.2) is 0 Å². The quantitative estimate of drug-likeness (QED) is 0.796. The van der Waals surface area contributed by atoms with Gasteiger partial charge in [-0.2, -0.15) is 5.10 Å². The zero-order valence-corrected chi connectivity index (χ0v) is 14.5. The van der Waals surface area contributed by atoms with Gasteiger partial charge in [0.25, 0.3) is 5.91 Å². The van der Waals surface area contributed by atoms with Gasteiger partial charge in [-0.3, -0.25) is 14.3 Å². The molecule has 2 aliphatic rings. The van der Waals surface area contributed by atoms with Crippen LogP contribution in [-0.4, -0.2) is 46.8 Å². The van der Waals surface area contributed by atoms with Crippen LogP contribution in [0.4, 0.5) is 0 Å². The number of aromatic nitrogens is 2. The maximum atomic E-state index is 12.7. The number of esters is 1. The van der Waals surface area contributed by atoms with E-state index in [2.05, 4.69) is 5.10 Å². The summed E-state index contributed by atoms with van der Waals surface area (Å²) in [6.07, 6.45) is 5.50. The molecule has 1 saturated heterocycles. The smallest absolute Gasteiger partial charge is 0.327 e. The highest BCUT2D eigenvalue weighted by Crippen LogP contribution is 2.38. The number of furan rings is 1. The molecule has 7 nitrogen and oxygen atoms in total. The molecule has 0 radical (unpaired) electrons. The molecule has 25 heavy (non-hydrogen) atoms. The third-order valence-corrected chi connectivity index (χ3v) is 5.02. The van der Waals surface area contributed by atoms with Crippen molar-refractivity contribution in [3.63, 3.8) is 0 Å². The number of fused-ring (bicyclic) bond motifs is 3. The number of rotatable bonds is 3. The minimum absolute atomic E-state index is 0.0278. The molecule has 0 bridgehead atoms. The van der Waals surface area contributed by atoms with Crippen LogP contribution in [0.5, 0.6) is 0 Å². The summed E-state index contributed by atoms with van der Waals surface area (Å²) in [5, 5.41) is 4.54. The van der Waals surface area contributed by atoms with E-state index in [4.69, 9.17) is 9.15 Å². The van der Waals surface area contributed by atoms with Crippen molar-refractivity contribution >= 4 is 11.9 Å². The van der Waals surface area contributed by atoms with Gasteiger partial charge in [0.05, 0.1) is 12.8 Å². The fourth-order valence-electron chi connectivity index (χ4n) is 3.71. The summed E-state index contributed by atoms with van der Waals surface area (Å²) in [5.41, 5.74) is 3.64. The van der Waals surface area contributed by atoms with Crippen molar-refractivity contribution in [3.05, 3.63) is 28.8 Å². The lowest BCUT2D eigenvalue weighted by atomic mass is 9.93. The number of amides is 1. The predicted molar refractivity (Wildman–Crippen MR) is 89.2 cm³/mol. The summed E-state index contributed by atoms with van der Waals surface area (Å²) in [6, 6.07) is 0. The highest BCUT2D eigenvalue weighted by atomic mass is 16.5. The number of carbonyl (C=O) groups excluding carboxylic acids is 2. The lowest BCUT2D eigenvalue weighted by Crippen LogP contribution is -2.27. The molecule has 2 aromatic rings. The van der Waals surface area contributed by atoms with Gasteiger partial charge < -0.3 is 14.1 Å². The number of hydrogen-bond donors (Lipinski definition) is 0. The fourth-order valence-corrected chi connectivity index (χ4v) is 3.71. The number of hydrogen-bond acceptors (Lipinski definition) is 5. The fraction of sp³-hybridized carbons (Fsp3) is 0.500. The molecule has 0 aromatic carbocycles. The van der Waals surface area contributed by atoms with E-state index in [9.17, 15) is 9.59 Å². The van der Waals surface area contributed by atoms with Crippen molar-refractivity contribution in [2.24, 2.45) is 0 Å². The van der Waals surface area contributed by atoms with E-state index in [-0.39, 0.29) is 18.4 Å². The maximum absolute atomic E-state index is 12.7. The van der Waals surface area contributed by atoms with Crippen molar-refractivity contribution in [2.45, 2.75) is 39.2 Å². The Kier molecular flexibility index (Phi) is 3.86. The van der Waals surface area contributed by atoms with Gasteiger partial charge in [0.1, 0.15) is 12.3 Å². The number of carbonyl (C=O) groups is 2. The highest BCUT2D eigenvalue weighted by Gasteiger charge is 2.32. The van der Waals surface area contributed by atoms with Crippen molar-refractivity contribution in [1.29, 1.82) is 0 Å². The van der Waals surface area contributed by atoms with Crippen LogP contribution in [0, 0.1) is 6.92 Å². The van der Waals surface area contributed by atoms with Crippen molar-refractivity contribution < 1.29 is 18.7 Å². The van der Waals surface area contributed by atoms with E-state index in [1.54, 1.807) is 4.68 Å². The van der Waals surface area contributed by atoms with E-state index in [0.29, 0.717) is 5.76 Å². The monoisotopic (exact) mass is 343 g/mol. The first-order valence-corrected chi connectivity index (χ1v) is 8.63. The topological polar surface area (TPSA) is 77.6 Å². The maximum Gasteiger partial charge on any atom is 0.327 e. The van der Waals surface area contributed by atoms with E-state index in [1.165, 1.54) is 7.11 Å². The zero-order valence-electron chi connectivity index (χ0n) is 14.5. The molecule has 1 amide bonds. The first-order chi connectivity index (χ1) is 12.1. The van der Waals surface area contributed by atoms with Crippen LogP contribution in [0.3, 0.4) is 0 Å². The third-order valence-electron chi connectivity index (χ3n) is 5.02. The average Bonchev–Trinajstić information content (AvgIpc) is 3.32. The van der Waals surface area contributed by atoms with Gasteiger partial charge >= 0.3 is 5.97 Å². The Hall–Kier alpha value is -2.57. The van der Waals surface area contributed by atoms with Crippen LogP contribution in [0.15, 0.2) is 10.6 Å². The van der Waals surface area contributed by atoms with Gasteiger partial charge in [-0.15, -0.1) is 0 Å². The number of ether oxygens (including phenoxy) is 1. The Morgan fingerprint density at radius 2 is 2.04 bits per heavy atom. The van der Waals surface area contributed by atoms with E-state index < -0.39 is 0 Å². The second kappa shape index (κ2) is 6.06. The largest absolute Gasteiger partial charge is 0.468 e. The molecular formula is C18H21N3O4. The molecule has 0 unspecified atom stereocenters. The second-order valence-electron chi connectivity index (χ2n) is 6.63. The summed E-state index contributed by atoms with van der Waals surface area (Å²) in [5.74, 6) is 0.881. The van der Waals surface area contributed by atoms with Crippen LogP contribution in [-0.2, 0) is 28.9 Å². The van der Waals surface area contributed by atoms with Crippen LogP contribution >= 0.6 is 0 Å². The molecule has 0 N–H and O–H groups in total. The minimum Gasteiger partial charge on any atom is -0.468 e. The molecule has 4 rings (SSSR count). The molecule has 1 aliphatic heterocycles. The molecule has 3 heterocycles. The van der Waals surface area contributed by atoms with Gasteiger partial charge in [-0.05, 0) is 31.7 Å². The molecule has 0 atom stereocenters. The summed E-state index contributed by atoms with van der Waals surface area (Å²) in [6.45, 7) is 3.58. The molecule has 2 aromatic heterocycles. The average molecular weight is 343 g/mol. The second-order valence-corrected chi connectivity index (χ2v) is 6.63. The number of nitrogens with zero attached hydrogens (tertiary/aromatic N) is 3. The van der Waals surface area contributed by atoms with Crippen molar-refractivity contribution in [2.75, 3.05) is 20.2 Å².